The SMILES string of the molecule is Cc1ccccc1N(c1ccccc1)c1cc2c(c3oc4ccccc4c13)-c1ccc3c(c1C2(C)C)C(C)(C)c1cc(N(c2ccccc2)c2ccccc2C)c2c(oc4ccccc42)c1-3. The fourth-order valence-electron chi connectivity index (χ4n) is 11.8. The van der Waals surface area contributed by atoms with Gasteiger partial charge in [-0.15, -0.1) is 0 Å². The van der Waals surface area contributed by atoms with Gasteiger partial charge in [0.15, 0.2) is 0 Å². The van der Waals surface area contributed by atoms with Crippen molar-refractivity contribution in [3.8, 4) is 22.3 Å². The van der Waals surface area contributed by atoms with E-state index >= 15 is 0 Å². The highest BCUT2D eigenvalue weighted by Gasteiger charge is 2.49. The maximum absolute atomic E-state index is 7.15. The van der Waals surface area contributed by atoms with Gasteiger partial charge in [0.2, 0.25) is 0 Å². The summed E-state index contributed by atoms with van der Waals surface area (Å²) in [6.45, 7) is 14.1. The first kappa shape index (κ1) is 38.6. The molecule has 2 aliphatic rings. The number of para-hydroxylation sites is 6. The van der Waals surface area contributed by atoms with Crippen LogP contribution in [0.25, 0.3) is 66.1 Å². The van der Waals surface area contributed by atoms with E-state index in [9.17, 15) is 0 Å². The minimum absolute atomic E-state index is 0.404. The summed E-state index contributed by atoms with van der Waals surface area (Å²) >= 11 is 0. The number of furan rings is 2. The van der Waals surface area contributed by atoms with Crippen LogP contribution in [0, 0.1) is 13.8 Å². The maximum Gasteiger partial charge on any atom is 0.145 e. The van der Waals surface area contributed by atoms with E-state index in [0.29, 0.717) is 0 Å². The van der Waals surface area contributed by atoms with Gasteiger partial charge in [0, 0.05) is 55.5 Å². The quantitative estimate of drug-likeness (QED) is 0.167. The normalized spacial score (nSPS) is 14.2. The van der Waals surface area contributed by atoms with Crippen LogP contribution in [0.2, 0.25) is 0 Å². The molecule has 318 valence electrons. The van der Waals surface area contributed by atoms with Crippen molar-refractivity contribution >= 4 is 78.0 Å². The lowest BCUT2D eigenvalue weighted by Crippen LogP contribution is -2.24. The third-order valence-electron chi connectivity index (χ3n) is 14.8. The second-order valence-electron chi connectivity index (χ2n) is 19.3. The van der Waals surface area contributed by atoms with Crippen molar-refractivity contribution in [2.45, 2.75) is 52.4 Å². The smallest absolute Gasteiger partial charge is 0.145 e. The Morgan fingerprint density at radius 3 is 1.15 bits per heavy atom. The number of aryl methyl sites for hydroxylation is 2. The van der Waals surface area contributed by atoms with Gasteiger partial charge in [-0.1, -0.05) is 149 Å². The Bertz CT molecular complexity index is 3550. The first-order chi connectivity index (χ1) is 32.1. The van der Waals surface area contributed by atoms with E-state index < -0.39 is 10.8 Å². The Balaban J connectivity index is 1.10. The molecule has 0 radical (unpaired) electrons. The second-order valence-corrected chi connectivity index (χ2v) is 19.3. The highest BCUT2D eigenvalue weighted by molar-refractivity contribution is 6.21. The van der Waals surface area contributed by atoms with Crippen LogP contribution in [-0.4, -0.2) is 0 Å². The van der Waals surface area contributed by atoms with Gasteiger partial charge in [0.05, 0.1) is 22.1 Å². The summed E-state index contributed by atoms with van der Waals surface area (Å²) in [6.07, 6.45) is 0. The zero-order valence-corrected chi connectivity index (χ0v) is 38.0. The standard InChI is InChI=1S/C62H48N2O2/c1-37-21-13-17-29-47(37)63(39-23-9-7-10-24-39)49-35-45-53(59-55(49)41-27-15-19-31-51(41)65-59)43-33-34-44-54-46(62(5,6)58(44)57(43)61(45,3)4)36-50(56-42-28-16-20-32-52(42)66-60(54)56)64(40-25-11-8-12-26-40)48-30-18-14-22-38(48)2/h7-36H,1-6H3. The van der Waals surface area contributed by atoms with Crippen LogP contribution in [0.3, 0.4) is 0 Å². The molecule has 0 spiro atoms. The van der Waals surface area contributed by atoms with Crippen molar-refractivity contribution in [1.29, 1.82) is 0 Å². The van der Waals surface area contributed by atoms with Gasteiger partial charge in [-0.05, 0) is 119 Å². The van der Waals surface area contributed by atoms with Crippen molar-refractivity contribution in [2.24, 2.45) is 0 Å². The molecular weight excluding hydrogens is 805 g/mol. The highest BCUT2D eigenvalue weighted by Crippen LogP contribution is 2.64. The lowest BCUT2D eigenvalue weighted by atomic mass is 9.72. The summed E-state index contributed by atoms with van der Waals surface area (Å²) in [7, 11) is 0. The molecule has 11 aromatic rings. The molecule has 2 aromatic heterocycles. The van der Waals surface area contributed by atoms with Gasteiger partial charge in [0.25, 0.3) is 0 Å². The van der Waals surface area contributed by atoms with Crippen molar-refractivity contribution in [2.75, 3.05) is 9.80 Å². The third-order valence-corrected chi connectivity index (χ3v) is 14.8. The van der Waals surface area contributed by atoms with Crippen LogP contribution in [0.5, 0.6) is 0 Å². The van der Waals surface area contributed by atoms with Gasteiger partial charge in [0.1, 0.15) is 22.3 Å². The predicted octanol–water partition coefficient (Wildman–Crippen LogP) is 17.7. The molecule has 2 heterocycles. The van der Waals surface area contributed by atoms with E-state index in [0.717, 1.165) is 78.0 Å². The summed E-state index contributed by atoms with van der Waals surface area (Å²) in [5, 5.41) is 4.45. The Morgan fingerprint density at radius 1 is 0.379 bits per heavy atom. The van der Waals surface area contributed by atoms with Gasteiger partial charge < -0.3 is 18.6 Å². The molecule has 4 heteroatoms. The second kappa shape index (κ2) is 13.8. The molecule has 13 rings (SSSR count). The molecule has 0 saturated heterocycles. The lowest BCUT2D eigenvalue weighted by Gasteiger charge is -2.32. The number of benzene rings is 9. The first-order valence-corrected chi connectivity index (χ1v) is 23.1. The third kappa shape index (κ3) is 5.21. The maximum atomic E-state index is 7.15. The molecular formula is C62H48N2O2. The Hall–Kier alpha value is -7.82. The number of rotatable bonds is 6. The fraction of sp³-hybridized carbons (Fsp3) is 0.129. The Kier molecular flexibility index (Phi) is 8.10. The molecule has 0 bridgehead atoms. The van der Waals surface area contributed by atoms with Crippen LogP contribution in [-0.2, 0) is 10.8 Å². The number of hydrogen-bond donors (Lipinski definition) is 0. The van der Waals surface area contributed by atoms with Gasteiger partial charge >= 0.3 is 0 Å². The molecule has 4 nitrogen and oxygen atoms in total. The van der Waals surface area contributed by atoms with Crippen LogP contribution >= 0.6 is 0 Å². The molecule has 0 N–H and O–H groups in total. The summed E-state index contributed by atoms with van der Waals surface area (Å²) in [5.74, 6) is 0. The van der Waals surface area contributed by atoms with E-state index in [1.54, 1.807) is 0 Å². The van der Waals surface area contributed by atoms with Crippen molar-refractivity contribution in [3.63, 3.8) is 0 Å². The highest BCUT2D eigenvalue weighted by atomic mass is 16.3. The molecule has 0 fully saturated rings. The van der Waals surface area contributed by atoms with Crippen molar-refractivity contribution in [1.82, 2.24) is 0 Å². The summed E-state index contributed by atoms with van der Waals surface area (Å²) in [6, 6.07) is 65.8. The Morgan fingerprint density at radius 2 is 0.742 bits per heavy atom. The summed E-state index contributed by atoms with van der Waals surface area (Å²) < 4.78 is 14.3. The fourth-order valence-corrected chi connectivity index (χ4v) is 11.8. The van der Waals surface area contributed by atoms with Gasteiger partial charge in [-0.3, -0.25) is 0 Å². The zero-order valence-electron chi connectivity index (χ0n) is 38.0. The van der Waals surface area contributed by atoms with E-state index in [1.807, 2.05) is 0 Å². The summed E-state index contributed by atoms with van der Waals surface area (Å²) in [5.41, 5.74) is 22.0. The molecule has 0 aliphatic heterocycles. The number of hydrogen-bond acceptors (Lipinski definition) is 4. The average Bonchev–Trinajstić information content (AvgIpc) is 4.04. The average molecular weight is 853 g/mol. The molecule has 0 amide bonds. The van der Waals surface area contributed by atoms with Crippen molar-refractivity contribution in [3.05, 3.63) is 215 Å². The van der Waals surface area contributed by atoms with Crippen molar-refractivity contribution < 1.29 is 8.83 Å². The number of nitrogens with zero attached hydrogens (tertiary/aromatic N) is 2. The molecule has 9 aromatic carbocycles. The predicted molar refractivity (Wildman–Crippen MR) is 275 cm³/mol. The van der Waals surface area contributed by atoms with E-state index in [4.69, 9.17) is 8.83 Å². The van der Waals surface area contributed by atoms with Crippen LogP contribution in [0.1, 0.15) is 61.1 Å². The topological polar surface area (TPSA) is 32.8 Å². The number of anilines is 6. The molecule has 0 atom stereocenters. The zero-order chi connectivity index (χ0) is 44.6. The molecule has 66 heavy (non-hydrogen) atoms. The minimum Gasteiger partial charge on any atom is -0.455 e. The molecule has 2 aliphatic carbocycles. The van der Waals surface area contributed by atoms with Crippen LogP contribution < -0.4 is 9.80 Å². The minimum atomic E-state index is -0.404. The first-order valence-electron chi connectivity index (χ1n) is 23.1. The van der Waals surface area contributed by atoms with E-state index in [2.05, 4.69) is 233 Å². The largest absolute Gasteiger partial charge is 0.455 e. The monoisotopic (exact) mass is 852 g/mol. The molecule has 0 unspecified atom stereocenters. The Labute approximate surface area is 385 Å². The molecule has 0 saturated carbocycles. The van der Waals surface area contributed by atoms with E-state index in [1.165, 1.54) is 55.6 Å². The van der Waals surface area contributed by atoms with Crippen LogP contribution in [0.4, 0.5) is 34.1 Å². The van der Waals surface area contributed by atoms with E-state index in [-0.39, 0.29) is 0 Å². The van der Waals surface area contributed by atoms with Crippen LogP contribution in [0.15, 0.2) is 191 Å². The lowest BCUT2D eigenvalue weighted by molar-refractivity contribution is 0.600. The number of fused-ring (bicyclic) bond motifs is 15. The van der Waals surface area contributed by atoms with Gasteiger partial charge in [-0.25, -0.2) is 0 Å². The van der Waals surface area contributed by atoms with Gasteiger partial charge in [-0.2, -0.15) is 0 Å². The summed E-state index contributed by atoms with van der Waals surface area (Å²) in [4.78, 5) is 4.88.